The highest BCUT2D eigenvalue weighted by molar-refractivity contribution is 9.10. The average molecular weight is 640 g/mol. The van der Waals surface area contributed by atoms with Gasteiger partial charge < -0.3 is 10.1 Å². The summed E-state index contributed by atoms with van der Waals surface area (Å²) >= 11 is 7.06. The van der Waals surface area contributed by atoms with Crippen LogP contribution in [0.4, 0.5) is 0 Å². The number of nitrogens with one attached hydrogen (secondary N) is 1. The van der Waals surface area contributed by atoms with Crippen LogP contribution in [0.1, 0.15) is 34.3 Å². The van der Waals surface area contributed by atoms with E-state index in [0.717, 1.165) is 4.90 Å². The molecule has 0 spiro atoms. The van der Waals surface area contributed by atoms with Crippen molar-refractivity contribution in [2.75, 3.05) is 20.2 Å². The lowest BCUT2D eigenvalue weighted by Crippen LogP contribution is -2.56. The second-order valence-corrected chi connectivity index (χ2v) is 11.1. The standard InChI is InChI=1S/C29H24Br2N2O5/c1-38-19-12-10-18(11-13-19)24(34)33-17-15-29(27(33)37,21-7-3-5-9-23(21)31)25(35)28(14-16-32-26(28)36)20-6-2-4-8-22(20)30/h2-13H,14-17H2,1H3,(H,32,36)/t28-,29-/m1/s1. The summed E-state index contributed by atoms with van der Waals surface area (Å²) < 4.78 is 6.34. The molecule has 2 saturated heterocycles. The highest BCUT2D eigenvalue weighted by atomic mass is 79.9. The molecule has 9 heteroatoms. The Morgan fingerprint density at radius 2 is 1.42 bits per heavy atom. The van der Waals surface area contributed by atoms with Crippen molar-refractivity contribution >= 4 is 55.4 Å². The molecule has 0 aliphatic carbocycles. The molecule has 3 aromatic carbocycles. The number of likely N-dealkylation sites (tertiary alicyclic amines) is 1. The lowest BCUT2D eigenvalue weighted by molar-refractivity contribution is -0.143. The molecule has 0 aromatic heterocycles. The highest BCUT2D eigenvalue weighted by Crippen LogP contribution is 2.49. The van der Waals surface area contributed by atoms with Gasteiger partial charge in [0.1, 0.15) is 16.6 Å². The van der Waals surface area contributed by atoms with Gasteiger partial charge in [0, 0.05) is 27.6 Å². The molecule has 7 nitrogen and oxygen atoms in total. The summed E-state index contributed by atoms with van der Waals surface area (Å²) in [5.41, 5.74) is -2.12. The number of rotatable bonds is 6. The van der Waals surface area contributed by atoms with Gasteiger partial charge in [-0.2, -0.15) is 0 Å². The first-order chi connectivity index (χ1) is 18.3. The predicted molar refractivity (Wildman–Crippen MR) is 148 cm³/mol. The molecule has 2 aliphatic rings. The van der Waals surface area contributed by atoms with Gasteiger partial charge in [-0.15, -0.1) is 0 Å². The number of halogens is 2. The zero-order chi connectivity index (χ0) is 27.1. The summed E-state index contributed by atoms with van der Waals surface area (Å²) in [4.78, 5) is 57.5. The number of hydrogen-bond donors (Lipinski definition) is 1. The summed E-state index contributed by atoms with van der Waals surface area (Å²) in [5.74, 6) is -1.55. The molecular weight excluding hydrogens is 616 g/mol. The summed E-state index contributed by atoms with van der Waals surface area (Å²) in [6, 6.07) is 20.5. The lowest BCUT2D eigenvalue weighted by atomic mass is 9.62. The number of ketones is 1. The molecule has 2 aliphatic heterocycles. The number of benzene rings is 3. The summed E-state index contributed by atoms with van der Waals surface area (Å²) in [7, 11) is 1.53. The molecule has 194 valence electrons. The van der Waals surface area contributed by atoms with E-state index in [1.165, 1.54) is 7.11 Å². The fraction of sp³-hybridized carbons (Fsp3) is 0.241. The van der Waals surface area contributed by atoms with Gasteiger partial charge in [-0.1, -0.05) is 68.3 Å². The van der Waals surface area contributed by atoms with E-state index in [1.54, 1.807) is 72.8 Å². The number of amides is 3. The van der Waals surface area contributed by atoms with Crippen LogP contribution in [-0.4, -0.2) is 48.6 Å². The second-order valence-electron chi connectivity index (χ2n) is 9.35. The van der Waals surface area contributed by atoms with Gasteiger partial charge in [-0.05, 0) is 60.4 Å². The van der Waals surface area contributed by atoms with Crippen LogP contribution in [0.3, 0.4) is 0 Å². The van der Waals surface area contributed by atoms with Crippen LogP contribution in [0, 0.1) is 0 Å². The van der Waals surface area contributed by atoms with Crippen molar-refractivity contribution in [3.8, 4) is 5.75 Å². The average Bonchev–Trinajstić information content (AvgIpc) is 3.49. The van der Waals surface area contributed by atoms with Crippen LogP contribution >= 0.6 is 31.9 Å². The molecule has 1 N–H and O–H groups in total. The number of ether oxygens (including phenoxy) is 1. The van der Waals surface area contributed by atoms with Gasteiger partial charge in [0.2, 0.25) is 11.8 Å². The minimum absolute atomic E-state index is 0.0322. The molecule has 3 amide bonds. The van der Waals surface area contributed by atoms with Gasteiger partial charge in [-0.25, -0.2) is 0 Å². The van der Waals surface area contributed by atoms with Gasteiger partial charge in [-0.3, -0.25) is 24.1 Å². The Labute approximate surface area is 236 Å². The number of carbonyl (C=O) groups excluding carboxylic acids is 4. The van der Waals surface area contributed by atoms with Crippen LogP contribution in [0.15, 0.2) is 81.7 Å². The van der Waals surface area contributed by atoms with Crippen molar-refractivity contribution in [1.82, 2.24) is 10.2 Å². The van der Waals surface area contributed by atoms with Crippen molar-refractivity contribution in [1.29, 1.82) is 0 Å². The minimum atomic E-state index is -1.75. The van der Waals surface area contributed by atoms with Crippen LogP contribution in [0.2, 0.25) is 0 Å². The van der Waals surface area contributed by atoms with Gasteiger partial charge >= 0.3 is 0 Å². The predicted octanol–water partition coefficient (Wildman–Crippen LogP) is 4.56. The van der Waals surface area contributed by atoms with Crippen molar-refractivity contribution in [3.05, 3.63) is 98.4 Å². The van der Waals surface area contributed by atoms with E-state index in [0.29, 0.717) is 37.9 Å². The van der Waals surface area contributed by atoms with Crippen LogP contribution in [0.5, 0.6) is 5.75 Å². The Hall–Kier alpha value is -3.30. The molecule has 0 saturated carbocycles. The summed E-state index contributed by atoms with van der Waals surface area (Å²) in [6.45, 7) is 0.324. The largest absolute Gasteiger partial charge is 0.497 e. The Balaban J connectivity index is 1.67. The van der Waals surface area contributed by atoms with E-state index in [2.05, 4.69) is 37.2 Å². The number of carbonyl (C=O) groups is 4. The normalized spacial score (nSPS) is 22.9. The smallest absolute Gasteiger partial charge is 0.260 e. The molecule has 2 heterocycles. The first kappa shape index (κ1) is 26.3. The molecule has 0 radical (unpaired) electrons. The van der Waals surface area contributed by atoms with Crippen LogP contribution < -0.4 is 10.1 Å². The maximum Gasteiger partial charge on any atom is 0.260 e. The van der Waals surface area contributed by atoms with Gasteiger partial charge in [0.05, 0.1) is 7.11 Å². The van der Waals surface area contributed by atoms with Crippen molar-refractivity contribution in [3.63, 3.8) is 0 Å². The van der Waals surface area contributed by atoms with E-state index in [-0.39, 0.29) is 19.4 Å². The second kappa shape index (κ2) is 10.1. The Morgan fingerprint density at radius 3 is 1.95 bits per heavy atom. The van der Waals surface area contributed by atoms with E-state index >= 15 is 0 Å². The molecular formula is C29H24Br2N2O5. The first-order valence-corrected chi connectivity index (χ1v) is 13.7. The number of Topliss-reactive ketones (excluding diaryl/α,β-unsaturated/α-hetero) is 1. The van der Waals surface area contributed by atoms with Crippen molar-refractivity contribution in [2.45, 2.75) is 23.7 Å². The van der Waals surface area contributed by atoms with E-state index in [9.17, 15) is 19.2 Å². The number of methoxy groups -OCH3 is 1. The van der Waals surface area contributed by atoms with Gasteiger partial charge in [0.25, 0.3) is 5.91 Å². The van der Waals surface area contributed by atoms with Crippen LogP contribution in [0.25, 0.3) is 0 Å². The zero-order valence-corrected chi connectivity index (χ0v) is 23.7. The van der Waals surface area contributed by atoms with Crippen LogP contribution in [-0.2, 0) is 25.2 Å². The quantitative estimate of drug-likeness (QED) is 0.315. The molecule has 0 bridgehead atoms. The van der Waals surface area contributed by atoms with E-state index in [1.807, 2.05) is 0 Å². The minimum Gasteiger partial charge on any atom is -0.497 e. The third kappa shape index (κ3) is 3.91. The Kier molecular flexibility index (Phi) is 7.00. The first-order valence-electron chi connectivity index (χ1n) is 12.1. The maximum absolute atomic E-state index is 14.9. The van der Waals surface area contributed by atoms with E-state index in [4.69, 9.17) is 4.74 Å². The fourth-order valence-electron chi connectivity index (χ4n) is 5.59. The topological polar surface area (TPSA) is 92.8 Å². The fourth-order valence-corrected chi connectivity index (χ4v) is 6.83. The monoisotopic (exact) mass is 638 g/mol. The number of nitrogens with zero attached hydrogens (tertiary/aromatic N) is 1. The maximum atomic E-state index is 14.9. The number of hydrogen-bond acceptors (Lipinski definition) is 5. The number of imide groups is 1. The molecule has 2 fully saturated rings. The Morgan fingerprint density at radius 1 is 0.842 bits per heavy atom. The third-order valence-corrected chi connectivity index (χ3v) is 8.90. The summed E-state index contributed by atoms with van der Waals surface area (Å²) in [6.07, 6.45) is 0.244. The SMILES string of the molecule is COc1ccc(C(=O)N2CC[C@](C(=O)[C@]3(c4ccccc4Br)CCNC3=O)(c3ccccc3Br)C2=O)cc1. The third-order valence-electron chi connectivity index (χ3n) is 7.52. The molecule has 3 aromatic rings. The van der Waals surface area contributed by atoms with Crippen molar-refractivity contribution in [2.24, 2.45) is 0 Å². The lowest BCUT2D eigenvalue weighted by Gasteiger charge is -2.36. The molecule has 0 unspecified atom stereocenters. The highest BCUT2D eigenvalue weighted by Gasteiger charge is 2.65. The van der Waals surface area contributed by atoms with Crippen molar-refractivity contribution < 1.29 is 23.9 Å². The van der Waals surface area contributed by atoms with Gasteiger partial charge in [0.15, 0.2) is 5.78 Å². The molecule has 38 heavy (non-hydrogen) atoms. The molecule has 5 rings (SSSR count). The van der Waals surface area contributed by atoms with E-state index < -0.39 is 34.3 Å². The Bertz CT molecular complexity index is 1460. The summed E-state index contributed by atoms with van der Waals surface area (Å²) in [5, 5.41) is 2.81. The molecule has 2 atom stereocenters. The zero-order valence-electron chi connectivity index (χ0n) is 20.5.